The van der Waals surface area contributed by atoms with Crippen LogP contribution < -0.4 is 5.32 Å². The van der Waals surface area contributed by atoms with E-state index in [2.05, 4.69) is 15.3 Å². The Bertz CT molecular complexity index is 1030. The Hall–Kier alpha value is -2.96. The third kappa shape index (κ3) is 4.61. The smallest absolute Gasteiger partial charge is 0.254 e. The highest BCUT2D eigenvalue weighted by Crippen LogP contribution is 2.24. The van der Waals surface area contributed by atoms with Crippen molar-refractivity contribution in [2.75, 3.05) is 32.1 Å². The Morgan fingerprint density at radius 2 is 2.10 bits per heavy atom. The highest BCUT2D eigenvalue weighted by molar-refractivity contribution is 6.31. The first-order valence-electron chi connectivity index (χ1n) is 9.87. The molecule has 1 saturated heterocycles. The zero-order chi connectivity index (χ0) is 20.9. The van der Waals surface area contributed by atoms with Crippen molar-refractivity contribution in [1.82, 2.24) is 14.9 Å². The number of carbonyl (C=O) groups excluding carboxylic acids is 1. The van der Waals surface area contributed by atoms with Gasteiger partial charge in [0.2, 0.25) is 0 Å². The molecule has 1 aromatic carbocycles. The summed E-state index contributed by atoms with van der Waals surface area (Å²) in [5, 5.41) is 3.71. The van der Waals surface area contributed by atoms with Gasteiger partial charge in [0.1, 0.15) is 11.9 Å². The van der Waals surface area contributed by atoms with Gasteiger partial charge in [0.15, 0.2) is 0 Å². The molecule has 3 heterocycles. The van der Waals surface area contributed by atoms with Crippen LogP contribution in [0.3, 0.4) is 0 Å². The van der Waals surface area contributed by atoms with E-state index in [0.717, 1.165) is 28.3 Å². The highest BCUT2D eigenvalue weighted by Gasteiger charge is 2.27. The Kier molecular flexibility index (Phi) is 6.26. The first kappa shape index (κ1) is 20.3. The van der Waals surface area contributed by atoms with Crippen LogP contribution in [0.5, 0.6) is 0 Å². The van der Waals surface area contributed by atoms with E-state index in [1.165, 1.54) is 0 Å². The summed E-state index contributed by atoms with van der Waals surface area (Å²) in [4.78, 5) is 23.5. The molecule has 0 spiro atoms. The molecule has 1 N–H and O–H groups in total. The average molecular weight is 423 g/mol. The van der Waals surface area contributed by atoms with Crippen LogP contribution in [0.25, 0.3) is 0 Å². The minimum absolute atomic E-state index is 0.0301. The molecule has 0 aliphatic carbocycles. The van der Waals surface area contributed by atoms with Crippen molar-refractivity contribution in [3.63, 3.8) is 0 Å². The van der Waals surface area contributed by atoms with Gasteiger partial charge in [-0.05, 0) is 35.4 Å². The van der Waals surface area contributed by atoms with Gasteiger partial charge in [0.05, 0.1) is 18.8 Å². The lowest BCUT2D eigenvalue weighted by molar-refractivity contribution is -0.0247. The van der Waals surface area contributed by atoms with E-state index < -0.39 is 0 Å². The number of aromatic nitrogens is 2. The Morgan fingerprint density at radius 1 is 1.23 bits per heavy atom. The van der Waals surface area contributed by atoms with E-state index in [1.54, 1.807) is 25.4 Å². The largest absolute Gasteiger partial charge is 0.373 e. The number of rotatable bonds is 5. The number of ether oxygens (including phenoxy) is 1. The van der Waals surface area contributed by atoms with E-state index in [-0.39, 0.29) is 12.0 Å². The summed E-state index contributed by atoms with van der Waals surface area (Å²) in [6, 6.07) is 15.3. The second-order valence-electron chi connectivity index (χ2n) is 7.15. The van der Waals surface area contributed by atoms with Gasteiger partial charge in [-0.1, -0.05) is 35.9 Å². The first-order valence-corrected chi connectivity index (χ1v) is 10.2. The molecule has 1 atom stereocenters. The Balaban J connectivity index is 1.44. The zero-order valence-corrected chi connectivity index (χ0v) is 17.5. The van der Waals surface area contributed by atoms with Crippen LogP contribution in [-0.2, 0) is 11.2 Å². The molecule has 1 fully saturated rings. The molecular formula is C23H23ClN4O2. The number of hydrogen-bond donors (Lipinski definition) is 1. The second-order valence-corrected chi connectivity index (χ2v) is 7.56. The molecule has 2 aromatic heterocycles. The molecule has 0 unspecified atom stereocenters. The molecular weight excluding hydrogens is 400 g/mol. The standard InChI is InChI=1S/C23H23ClN4O2/c1-25-22-13-18(8-9-26-22)23(29)28-10-11-30-21(15-28)20-7-6-16(14-27-20)12-17-4-2-3-5-19(17)24/h2-9,13-14,21H,10-12,15H2,1H3,(H,25,26)/t21-/m0/s1. The molecule has 3 aromatic rings. The lowest BCUT2D eigenvalue weighted by Crippen LogP contribution is -2.42. The molecule has 7 heteroatoms. The molecule has 4 rings (SSSR count). The average Bonchev–Trinajstić information content (AvgIpc) is 2.81. The molecule has 1 aliphatic heterocycles. The number of hydrogen-bond acceptors (Lipinski definition) is 5. The maximum absolute atomic E-state index is 12.9. The lowest BCUT2D eigenvalue weighted by atomic mass is 10.1. The molecule has 0 saturated carbocycles. The van der Waals surface area contributed by atoms with Crippen LogP contribution in [0.15, 0.2) is 60.9 Å². The van der Waals surface area contributed by atoms with Gasteiger partial charge in [0.25, 0.3) is 5.91 Å². The third-order valence-corrected chi connectivity index (χ3v) is 5.52. The molecule has 6 nitrogen and oxygen atoms in total. The summed E-state index contributed by atoms with van der Waals surface area (Å²) < 4.78 is 5.90. The molecule has 1 amide bonds. The van der Waals surface area contributed by atoms with Crippen LogP contribution in [0.2, 0.25) is 5.02 Å². The van der Waals surface area contributed by atoms with Crippen molar-refractivity contribution >= 4 is 23.3 Å². The van der Waals surface area contributed by atoms with Gasteiger partial charge in [-0.25, -0.2) is 4.98 Å². The van der Waals surface area contributed by atoms with Crippen LogP contribution >= 0.6 is 11.6 Å². The highest BCUT2D eigenvalue weighted by atomic mass is 35.5. The van der Waals surface area contributed by atoms with Crippen molar-refractivity contribution in [1.29, 1.82) is 0 Å². The van der Waals surface area contributed by atoms with Gasteiger partial charge in [-0.2, -0.15) is 0 Å². The number of nitrogens with zero attached hydrogens (tertiary/aromatic N) is 3. The molecule has 0 bridgehead atoms. The van der Waals surface area contributed by atoms with E-state index >= 15 is 0 Å². The fraction of sp³-hybridized carbons (Fsp3) is 0.261. The number of morpholine rings is 1. The summed E-state index contributed by atoms with van der Waals surface area (Å²) in [6.07, 6.45) is 3.96. The maximum atomic E-state index is 12.9. The third-order valence-electron chi connectivity index (χ3n) is 5.15. The minimum Gasteiger partial charge on any atom is -0.373 e. The van der Waals surface area contributed by atoms with Crippen molar-refractivity contribution in [2.24, 2.45) is 0 Å². The van der Waals surface area contributed by atoms with E-state index in [9.17, 15) is 4.79 Å². The number of carbonyl (C=O) groups is 1. The Labute approximate surface area is 180 Å². The predicted molar refractivity (Wildman–Crippen MR) is 117 cm³/mol. The van der Waals surface area contributed by atoms with Crippen molar-refractivity contribution < 1.29 is 9.53 Å². The summed E-state index contributed by atoms with van der Waals surface area (Å²) in [7, 11) is 1.78. The van der Waals surface area contributed by atoms with E-state index in [1.807, 2.05) is 47.5 Å². The summed E-state index contributed by atoms with van der Waals surface area (Å²) in [5.74, 6) is 0.638. The summed E-state index contributed by atoms with van der Waals surface area (Å²) >= 11 is 6.26. The molecule has 30 heavy (non-hydrogen) atoms. The second kappa shape index (κ2) is 9.24. The number of amides is 1. The van der Waals surface area contributed by atoms with Crippen molar-refractivity contribution in [3.8, 4) is 0 Å². The van der Waals surface area contributed by atoms with Gasteiger partial charge in [-0.3, -0.25) is 9.78 Å². The van der Waals surface area contributed by atoms with Crippen molar-refractivity contribution in [3.05, 3.63) is 88.3 Å². The number of pyridine rings is 2. The van der Waals surface area contributed by atoms with Crippen LogP contribution in [0, 0.1) is 0 Å². The maximum Gasteiger partial charge on any atom is 0.254 e. The predicted octanol–water partition coefficient (Wildman–Crippen LogP) is 3.98. The number of benzene rings is 1. The topological polar surface area (TPSA) is 67.4 Å². The van der Waals surface area contributed by atoms with E-state index in [4.69, 9.17) is 16.3 Å². The van der Waals surface area contributed by atoms with Crippen molar-refractivity contribution in [2.45, 2.75) is 12.5 Å². The monoisotopic (exact) mass is 422 g/mol. The lowest BCUT2D eigenvalue weighted by Gasteiger charge is -2.32. The zero-order valence-electron chi connectivity index (χ0n) is 16.7. The summed E-state index contributed by atoms with van der Waals surface area (Å²) in [6.45, 7) is 1.49. The normalized spacial score (nSPS) is 16.3. The van der Waals surface area contributed by atoms with Gasteiger partial charge < -0.3 is 15.0 Å². The van der Waals surface area contributed by atoms with Gasteiger partial charge >= 0.3 is 0 Å². The first-order chi connectivity index (χ1) is 14.6. The summed E-state index contributed by atoms with van der Waals surface area (Å²) in [5.41, 5.74) is 3.57. The molecule has 154 valence electrons. The number of anilines is 1. The number of halogens is 1. The van der Waals surface area contributed by atoms with E-state index in [0.29, 0.717) is 31.1 Å². The number of nitrogens with one attached hydrogen (secondary N) is 1. The van der Waals surface area contributed by atoms with Gasteiger partial charge in [-0.15, -0.1) is 0 Å². The van der Waals surface area contributed by atoms with Crippen LogP contribution in [0.4, 0.5) is 5.82 Å². The van der Waals surface area contributed by atoms with Crippen LogP contribution in [-0.4, -0.2) is 47.5 Å². The van der Waals surface area contributed by atoms with Gasteiger partial charge in [0, 0.05) is 43.0 Å². The Morgan fingerprint density at radius 3 is 2.87 bits per heavy atom. The fourth-order valence-electron chi connectivity index (χ4n) is 3.49. The fourth-order valence-corrected chi connectivity index (χ4v) is 3.69. The minimum atomic E-state index is -0.248. The SMILES string of the molecule is CNc1cc(C(=O)N2CCO[C@H](c3ccc(Cc4ccccc4Cl)cn3)C2)ccn1. The molecule has 0 radical (unpaired) electrons. The molecule has 1 aliphatic rings. The van der Waals surface area contributed by atoms with Crippen LogP contribution in [0.1, 0.15) is 33.3 Å². The quantitative estimate of drug-likeness (QED) is 0.673.